The Morgan fingerprint density at radius 3 is 3.20 bits per heavy atom. The zero-order valence-electron chi connectivity index (χ0n) is 6.38. The van der Waals surface area contributed by atoms with Gasteiger partial charge in [-0.2, -0.15) is 0 Å². The number of hydrogen-bond acceptors (Lipinski definition) is 2. The quantitative estimate of drug-likeness (QED) is 0.559. The van der Waals surface area contributed by atoms with Crippen molar-refractivity contribution in [2.45, 2.75) is 12.5 Å². The van der Waals surface area contributed by atoms with E-state index in [0.717, 1.165) is 32.8 Å². The number of ether oxygens (including phenoxy) is 2. The summed E-state index contributed by atoms with van der Waals surface area (Å²) in [6.45, 7) is 3.22. The van der Waals surface area contributed by atoms with Crippen molar-refractivity contribution < 1.29 is 9.47 Å². The predicted molar refractivity (Wildman–Crippen MR) is 38.1 cm³/mol. The molecule has 1 heterocycles. The zero-order valence-corrected chi connectivity index (χ0v) is 6.38. The molecule has 1 unspecified atom stereocenters. The molecule has 1 aliphatic rings. The Bertz CT molecular complexity index is 81.7. The predicted octanol–water partition coefficient (Wildman–Crippen LogP) is 0.0261. The van der Waals surface area contributed by atoms with Crippen molar-refractivity contribution in [3.63, 3.8) is 0 Å². The molecule has 1 atom stereocenters. The van der Waals surface area contributed by atoms with Crippen LogP contribution in [0.25, 0.3) is 0 Å². The van der Waals surface area contributed by atoms with Gasteiger partial charge in [-0.05, 0) is 6.42 Å². The van der Waals surface area contributed by atoms with Gasteiger partial charge in [0.05, 0.1) is 19.3 Å². The molecular weight excluding hydrogens is 130 g/mol. The average Bonchev–Trinajstić information content (AvgIpc) is 2.03. The minimum atomic E-state index is 0.383. The first kappa shape index (κ1) is 7.98. The van der Waals surface area contributed by atoms with Gasteiger partial charge in [-0.25, -0.2) is 5.32 Å². The lowest BCUT2D eigenvalue weighted by atomic mass is 10.2. The van der Waals surface area contributed by atoms with Crippen LogP contribution in [0, 0.1) is 0 Å². The maximum Gasteiger partial charge on any atom is 0.0637 e. The summed E-state index contributed by atoms with van der Waals surface area (Å²) >= 11 is 0. The van der Waals surface area contributed by atoms with E-state index in [4.69, 9.17) is 9.47 Å². The Kier molecular flexibility index (Phi) is 3.72. The molecule has 1 radical (unpaired) electrons. The van der Waals surface area contributed by atoms with Gasteiger partial charge in [0.15, 0.2) is 0 Å². The number of methoxy groups -OCH3 is 1. The molecule has 0 aliphatic carbocycles. The summed E-state index contributed by atoms with van der Waals surface area (Å²) in [5.74, 6) is 0. The van der Waals surface area contributed by atoms with E-state index >= 15 is 0 Å². The highest BCUT2D eigenvalue weighted by Crippen LogP contribution is 1.99. The molecule has 3 heteroatoms. The maximum absolute atomic E-state index is 5.23. The number of rotatable bonds is 3. The lowest BCUT2D eigenvalue weighted by Gasteiger charge is -2.21. The van der Waals surface area contributed by atoms with E-state index in [-0.39, 0.29) is 0 Å². The summed E-state index contributed by atoms with van der Waals surface area (Å²) in [5, 5.41) is 4.36. The van der Waals surface area contributed by atoms with Crippen LogP contribution in [0.4, 0.5) is 0 Å². The minimum absolute atomic E-state index is 0.383. The van der Waals surface area contributed by atoms with Gasteiger partial charge in [-0.15, -0.1) is 0 Å². The SMILES string of the molecule is COCCC1COCC[N]1. The van der Waals surface area contributed by atoms with Crippen molar-refractivity contribution in [1.29, 1.82) is 0 Å². The Hall–Kier alpha value is -0.120. The van der Waals surface area contributed by atoms with Gasteiger partial charge < -0.3 is 9.47 Å². The average molecular weight is 144 g/mol. The minimum Gasteiger partial charge on any atom is -0.385 e. The van der Waals surface area contributed by atoms with Gasteiger partial charge >= 0.3 is 0 Å². The largest absolute Gasteiger partial charge is 0.385 e. The third kappa shape index (κ3) is 2.64. The first-order valence-corrected chi connectivity index (χ1v) is 3.67. The highest BCUT2D eigenvalue weighted by atomic mass is 16.5. The summed E-state index contributed by atoms with van der Waals surface area (Å²) in [6, 6.07) is 0.383. The van der Waals surface area contributed by atoms with Crippen molar-refractivity contribution >= 4 is 0 Å². The first-order valence-electron chi connectivity index (χ1n) is 3.67. The highest BCUT2D eigenvalue weighted by Gasteiger charge is 2.12. The van der Waals surface area contributed by atoms with E-state index in [1.165, 1.54) is 0 Å². The number of hydrogen-bond donors (Lipinski definition) is 0. The number of morpholine rings is 1. The summed E-state index contributed by atoms with van der Waals surface area (Å²) in [4.78, 5) is 0. The lowest BCUT2D eigenvalue weighted by Crippen LogP contribution is -2.36. The fourth-order valence-electron chi connectivity index (χ4n) is 1.00. The third-order valence-corrected chi connectivity index (χ3v) is 1.59. The fraction of sp³-hybridized carbons (Fsp3) is 1.00. The molecular formula is C7H14NO2. The smallest absolute Gasteiger partial charge is 0.0637 e. The molecule has 0 aromatic heterocycles. The van der Waals surface area contributed by atoms with Crippen LogP contribution in [0.2, 0.25) is 0 Å². The maximum atomic E-state index is 5.23. The highest BCUT2D eigenvalue weighted by molar-refractivity contribution is 4.68. The lowest BCUT2D eigenvalue weighted by molar-refractivity contribution is 0.0608. The van der Waals surface area contributed by atoms with Crippen molar-refractivity contribution in [3.05, 3.63) is 0 Å². The van der Waals surface area contributed by atoms with Crippen molar-refractivity contribution in [2.24, 2.45) is 0 Å². The normalized spacial score (nSPS) is 26.7. The molecule has 59 valence electrons. The van der Waals surface area contributed by atoms with Crippen LogP contribution < -0.4 is 5.32 Å². The van der Waals surface area contributed by atoms with E-state index in [2.05, 4.69) is 5.32 Å². The molecule has 0 aromatic carbocycles. The Balaban J connectivity index is 2.02. The van der Waals surface area contributed by atoms with Crippen LogP contribution >= 0.6 is 0 Å². The Labute approximate surface area is 61.7 Å². The fourth-order valence-corrected chi connectivity index (χ4v) is 1.00. The van der Waals surface area contributed by atoms with Gasteiger partial charge in [0.1, 0.15) is 0 Å². The van der Waals surface area contributed by atoms with Crippen LogP contribution in [0.15, 0.2) is 0 Å². The number of nitrogens with zero attached hydrogens (tertiary/aromatic N) is 1. The third-order valence-electron chi connectivity index (χ3n) is 1.59. The molecule has 0 aromatic rings. The van der Waals surface area contributed by atoms with E-state index in [1.807, 2.05) is 0 Å². The van der Waals surface area contributed by atoms with Gasteiger partial charge in [-0.1, -0.05) is 0 Å². The summed E-state index contributed by atoms with van der Waals surface area (Å²) in [7, 11) is 1.71. The molecule has 1 fully saturated rings. The molecule has 0 saturated carbocycles. The molecule has 0 bridgehead atoms. The molecule has 10 heavy (non-hydrogen) atoms. The first-order chi connectivity index (χ1) is 4.93. The van der Waals surface area contributed by atoms with Crippen LogP contribution in [-0.4, -0.2) is 39.5 Å². The van der Waals surface area contributed by atoms with Crippen molar-refractivity contribution in [2.75, 3.05) is 33.5 Å². The van der Waals surface area contributed by atoms with Gasteiger partial charge in [-0.3, -0.25) is 0 Å². The van der Waals surface area contributed by atoms with E-state index in [0.29, 0.717) is 6.04 Å². The van der Waals surface area contributed by atoms with Gasteiger partial charge in [0, 0.05) is 20.3 Å². The molecule has 0 spiro atoms. The second kappa shape index (κ2) is 4.66. The van der Waals surface area contributed by atoms with Crippen molar-refractivity contribution in [1.82, 2.24) is 5.32 Å². The monoisotopic (exact) mass is 144 g/mol. The van der Waals surface area contributed by atoms with Crippen LogP contribution in [-0.2, 0) is 9.47 Å². The summed E-state index contributed by atoms with van der Waals surface area (Å²) in [5.41, 5.74) is 0. The topological polar surface area (TPSA) is 32.6 Å². The standard InChI is InChI=1S/C7H14NO2/c1-9-4-2-7-6-10-5-3-8-7/h7H,2-6H2,1H3. The molecule has 1 rings (SSSR count). The molecule has 3 nitrogen and oxygen atoms in total. The second-order valence-corrected chi connectivity index (χ2v) is 2.42. The Morgan fingerprint density at radius 2 is 2.60 bits per heavy atom. The van der Waals surface area contributed by atoms with Crippen LogP contribution in [0.3, 0.4) is 0 Å². The second-order valence-electron chi connectivity index (χ2n) is 2.42. The summed E-state index contributed by atoms with van der Waals surface area (Å²) in [6.07, 6.45) is 0.997. The zero-order chi connectivity index (χ0) is 7.23. The van der Waals surface area contributed by atoms with E-state index in [9.17, 15) is 0 Å². The van der Waals surface area contributed by atoms with Crippen LogP contribution in [0.1, 0.15) is 6.42 Å². The van der Waals surface area contributed by atoms with E-state index in [1.54, 1.807) is 7.11 Å². The van der Waals surface area contributed by atoms with Gasteiger partial charge in [0.2, 0.25) is 0 Å². The van der Waals surface area contributed by atoms with E-state index < -0.39 is 0 Å². The molecule has 1 saturated heterocycles. The molecule has 0 N–H and O–H groups in total. The van der Waals surface area contributed by atoms with Gasteiger partial charge in [0.25, 0.3) is 0 Å². The summed E-state index contributed by atoms with van der Waals surface area (Å²) < 4.78 is 10.2. The molecule has 1 aliphatic heterocycles. The van der Waals surface area contributed by atoms with Crippen LogP contribution in [0.5, 0.6) is 0 Å². The van der Waals surface area contributed by atoms with Crippen molar-refractivity contribution in [3.8, 4) is 0 Å². The Morgan fingerprint density at radius 1 is 1.70 bits per heavy atom. The molecule has 0 amide bonds.